The Morgan fingerprint density at radius 2 is 2.06 bits per heavy atom. The molecule has 9 nitrogen and oxygen atoms in total. The van der Waals surface area contributed by atoms with E-state index < -0.39 is 5.82 Å². The van der Waals surface area contributed by atoms with Gasteiger partial charge >= 0.3 is 5.97 Å². The molecule has 0 amide bonds. The van der Waals surface area contributed by atoms with Gasteiger partial charge < -0.3 is 20.3 Å². The summed E-state index contributed by atoms with van der Waals surface area (Å²) in [5.41, 5.74) is 1.68. The smallest absolute Gasteiger partial charge is 0.306 e. The molecule has 0 radical (unpaired) electrons. The molecule has 2 N–H and O–H groups in total. The predicted molar refractivity (Wildman–Crippen MR) is 124 cm³/mol. The summed E-state index contributed by atoms with van der Waals surface area (Å²) in [5, 5.41) is 6.63. The zero-order chi connectivity index (χ0) is 23.4. The monoisotopic (exact) mass is 473 g/mol. The van der Waals surface area contributed by atoms with E-state index in [9.17, 15) is 9.18 Å². The molecule has 1 aliphatic rings. The average molecular weight is 474 g/mol. The van der Waals surface area contributed by atoms with Gasteiger partial charge in [-0.15, -0.1) is 0 Å². The van der Waals surface area contributed by atoms with Crippen LogP contribution >= 0.6 is 11.6 Å². The molecule has 174 valence electrons. The van der Waals surface area contributed by atoms with Crippen molar-refractivity contribution in [2.24, 2.45) is 0 Å². The third-order valence-electron chi connectivity index (χ3n) is 5.81. The van der Waals surface area contributed by atoms with E-state index in [1.165, 1.54) is 25.6 Å². The third kappa shape index (κ3) is 5.45. The van der Waals surface area contributed by atoms with Crippen LogP contribution in [0.1, 0.15) is 26.2 Å². The number of benzene rings is 1. The van der Waals surface area contributed by atoms with Crippen LogP contribution in [-0.4, -0.2) is 58.2 Å². The van der Waals surface area contributed by atoms with Crippen LogP contribution in [-0.2, 0) is 9.53 Å². The maximum atomic E-state index is 13.5. The minimum atomic E-state index is -0.490. The minimum Gasteiger partial charge on any atom is -0.469 e. The second kappa shape index (κ2) is 9.80. The maximum Gasteiger partial charge on any atom is 0.306 e. The van der Waals surface area contributed by atoms with E-state index in [1.807, 2.05) is 0 Å². The number of halogens is 2. The lowest BCUT2D eigenvalue weighted by molar-refractivity contribution is -0.140. The fourth-order valence-electron chi connectivity index (χ4n) is 3.74. The van der Waals surface area contributed by atoms with Gasteiger partial charge in [-0.3, -0.25) is 4.79 Å². The van der Waals surface area contributed by atoms with Gasteiger partial charge in [0.05, 0.1) is 24.8 Å². The molecule has 3 aromatic rings. The number of nitrogens with zero attached hydrogens (tertiary/aromatic N) is 5. The molecule has 0 spiro atoms. The van der Waals surface area contributed by atoms with Crippen molar-refractivity contribution < 1.29 is 13.9 Å². The molecule has 4 rings (SSSR count). The van der Waals surface area contributed by atoms with Gasteiger partial charge in [-0.25, -0.2) is 24.3 Å². The lowest BCUT2D eigenvalue weighted by atomic mass is 9.89. The largest absolute Gasteiger partial charge is 0.469 e. The highest BCUT2D eigenvalue weighted by Crippen LogP contribution is 2.28. The summed E-state index contributed by atoms with van der Waals surface area (Å²) in [6.07, 6.45) is 5.19. The first-order valence-electron chi connectivity index (χ1n) is 10.6. The molecule has 0 saturated carbocycles. The van der Waals surface area contributed by atoms with Crippen LogP contribution in [0.15, 0.2) is 30.7 Å². The fraction of sp³-hybridized carbons (Fsp3) is 0.409. The Hall–Kier alpha value is -3.11. The van der Waals surface area contributed by atoms with E-state index in [1.54, 1.807) is 12.3 Å². The van der Waals surface area contributed by atoms with Gasteiger partial charge in [0.15, 0.2) is 5.82 Å². The molecule has 11 heteroatoms. The second-order valence-corrected chi connectivity index (χ2v) is 8.59. The van der Waals surface area contributed by atoms with Crippen LogP contribution in [0.2, 0.25) is 5.02 Å². The number of anilines is 3. The van der Waals surface area contributed by atoms with E-state index in [4.69, 9.17) is 21.3 Å². The number of carbonyl (C=O) groups is 1. The second-order valence-electron chi connectivity index (χ2n) is 8.18. The average Bonchev–Trinajstić information content (AvgIpc) is 2.82. The van der Waals surface area contributed by atoms with Crippen molar-refractivity contribution in [3.05, 3.63) is 41.6 Å². The maximum absolute atomic E-state index is 13.5. The first-order chi connectivity index (χ1) is 15.9. The van der Waals surface area contributed by atoms with Crippen molar-refractivity contribution in [2.75, 3.05) is 37.0 Å². The summed E-state index contributed by atoms with van der Waals surface area (Å²) in [4.78, 5) is 31.2. The summed E-state index contributed by atoms with van der Waals surface area (Å²) < 4.78 is 18.2. The number of piperidine rings is 1. The number of aromatic nitrogens is 4. The van der Waals surface area contributed by atoms with Gasteiger partial charge in [-0.1, -0.05) is 11.6 Å². The Labute approximate surface area is 195 Å². The Morgan fingerprint density at radius 3 is 2.79 bits per heavy atom. The Bertz CT molecular complexity index is 1150. The molecule has 0 unspecified atom stereocenters. The van der Waals surface area contributed by atoms with E-state index in [2.05, 4.69) is 37.4 Å². The highest BCUT2D eigenvalue weighted by Gasteiger charge is 2.30. The molecule has 2 aromatic heterocycles. The van der Waals surface area contributed by atoms with E-state index >= 15 is 0 Å². The fourth-order valence-corrected chi connectivity index (χ4v) is 3.93. The molecule has 0 bridgehead atoms. The summed E-state index contributed by atoms with van der Waals surface area (Å²) in [6, 6.07) is 4.36. The lowest BCUT2D eigenvalue weighted by Gasteiger charge is -2.40. The zero-order valence-electron chi connectivity index (χ0n) is 18.4. The van der Waals surface area contributed by atoms with Crippen molar-refractivity contribution in [1.29, 1.82) is 0 Å². The van der Waals surface area contributed by atoms with Crippen LogP contribution in [0.3, 0.4) is 0 Å². The SMILES string of the molecule is COC(=O)CCNC1(C)CCN(c2ncc3ncnc(Nc4ccc(F)c(Cl)c4)c3n2)CC1. The molecule has 1 aromatic carbocycles. The Balaban J connectivity index is 1.47. The topological polar surface area (TPSA) is 105 Å². The van der Waals surface area contributed by atoms with Gasteiger partial charge in [0.1, 0.15) is 23.2 Å². The van der Waals surface area contributed by atoms with Crippen LogP contribution in [0.25, 0.3) is 11.0 Å². The molecule has 1 fully saturated rings. The van der Waals surface area contributed by atoms with Crippen LogP contribution in [0, 0.1) is 5.82 Å². The molecule has 0 atom stereocenters. The molecule has 0 aliphatic carbocycles. The van der Waals surface area contributed by atoms with Gasteiger partial charge in [0.2, 0.25) is 5.95 Å². The van der Waals surface area contributed by atoms with Crippen molar-refractivity contribution >= 4 is 46.1 Å². The van der Waals surface area contributed by atoms with Gasteiger partial charge in [0, 0.05) is 30.9 Å². The van der Waals surface area contributed by atoms with Crippen LogP contribution < -0.4 is 15.5 Å². The number of hydrogen-bond donors (Lipinski definition) is 2. The summed E-state index contributed by atoms with van der Waals surface area (Å²) in [7, 11) is 1.40. The first kappa shape index (κ1) is 23.1. The zero-order valence-corrected chi connectivity index (χ0v) is 19.2. The Morgan fingerprint density at radius 1 is 1.27 bits per heavy atom. The standard InChI is InChI=1S/C22H25ClFN7O2/c1-22(28-8-5-18(32)33-2)6-9-31(10-7-22)21-25-12-17-19(30-21)20(27-13-26-17)29-14-3-4-16(24)15(23)11-14/h3-4,11-13,28H,5-10H2,1-2H3,(H,26,27,29). The van der Waals surface area contributed by atoms with Gasteiger partial charge in [-0.2, -0.15) is 0 Å². The van der Waals surface area contributed by atoms with E-state index in [0.29, 0.717) is 41.5 Å². The number of carbonyl (C=O) groups excluding carboxylic acids is 1. The molecule has 33 heavy (non-hydrogen) atoms. The number of ether oxygens (including phenoxy) is 1. The number of fused-ring (bicyclic) bond motifs is 1. The van der Waals surface area contributed by atoms with Crippen molar-refractivity contribution in [3.63, 3.8) is 0 Å². The number of esters is 1. The van der Waals surface area contributed by atoms with E-state index in [-0.39, 0.29) is 16.5 Å². The summed E-state index contributed by atoms with van der Waals surface area (Å²) in [5.74, 6) is 0.366. The van der Waals surface area contributed by atoms with Crippen molar-refractivity contribution in [3.8, 4) is 0 Å². The normalized spacial score (nSPS) is 15.5. The number of nitrogens with one attached hydrogen (secondary N) is 2. The van der Waals surface area contributed by atoms with Crippen LogP contribution in [0.4, 0.5) is 21.8 Å². The number of methoxy groups -OCH3 is 1. The highest BCUT2D eigenvalue weighted by molar-refractivity contribution is 6.31. The van der Waals surface area contributed by atoms with Crippen molar-refractivity contribution in [1.82, 2.24) is 25.3 Å². The summed E-state index contributed by atoms with van der Waals surface area (Å²) >= 11 is 5.89. The predicted octanol–water partition coefficient (Wildman–Crippen LogP) is 3.47. The van der Waals surface area contributed by atoms with Gasteiger partial charge in [-0.05, 0) is 38.0 Å². The minimum absolute atomic E-state index is 0.0187. The lowest BCUT2D eigenvalue weighted by Crippen LogP contribution is -2.52. The summed E-state index contributed by atoms with van der Waals surface area (Å²) in [6.45, 7) is 4.26. The molecular formula is C22H25ClFN7O2. The van der Waals surface area contributed by atoms with E-state index in [0.717, 1.165) is 25.9 Å². The first-order valence-corrected chi connectivity index (χ1v) is 11.0. The third-order valence-corrected chi connectivity index (χ3v) is 6.10. The van der Waals surface area contributed by atoms with Gasteiger partial charge in [0.25, 0.3) is 0 Å². The molecule has 1 saturated heterocycles. The van der Waals surface area contributed by atoms with Crippen LogP contribution in [0.5, 0.6) is 0 Å². The Kier molecular flexibility index (Phi) is 6.85. The molecular weight excluding hydrogens is 449 g/mol. The number of rotatable bonds is 7. The quantitative estimate of drug-likeness (QED) is 0.499. The molecule has 1 aliphatic heterocycles. The van der Waals surface area contributed by atoms with Crippen molar-refractivity contribution in [2.45, 2.75) is 31.7 Å². The highest BCUT2D eigenvalue weighted by atomic mass is 35.5. The number of hydrogen-bond acceptors (Lipinski definition) is 9. The molecule has 3 heterocycles.